The molecule has 4 aromatic carbocycles. The van der Waals surface area contributed by atoms with Crippen molar-refractivity contribution in [1.29, 1.82) is 0 Å². The van der Waals surface area contributed by atoms with Crippen LogP contribution in [0.15, 0.2) is 60.7 Å². The Kier molecular flexibility index (Phi) is 15.4. The third-order valence-corrected chi connectivity index (χ3v) is 15.5. The minimum Gasteiger partial charge on any atom is -0.507 e. The Morgan fingerprint density at radius 3 is 1.05 bits per heavy atom. The van der Waals surface area contributed by atoms with E-state index in [9.17, 15) is 10.2 Å². The van der Waals surface area contributed by atoms with E-state index < -0.39 is 0 Å². The van der Waals surface area contributed by atoms with E-state index in [0.29, 0.717) is 45.7 Å². The van der Waals surface area contributed by atoms with Gasteiger partial charge in [-0.15, -0.1) is 0 Å². The number of aromatic hydroxyl groups is 2. The standard InChI is InChI=1S/C54H76O2S2/c1-33(2)37-21-38(34(3)4)24-41(23-37)47-29-45(53(9,10)11)27-43(51(47)55)31-57-49-19-17-15-16-18-20-50(49)58-32-44-28-46(54(12,13)14)30-48(52(44)56)42-25-39(35(5)6)22-40(26-42)36(7)8/h21-30,33-36,49-50,55-56H,15-20,31-32H2,1-14H3/t49-,50-/m0/s1. The molecule has 0 bridgehead atoms. The van der Waals surface area contributed by atoms with Crippen molar-refractivity contribution in [3.63, 3.8) is 0 Å². The Hall–Kier alpha value is -2.82. The van der Waals surface area contributed by atoms with Crippen LogP contribution in [0.3, 0.4) is 0 Å². The predicted molar refractivity (Wildman–Crippen MR) is 259 cm³/mol. The second kappa shape index (κ2) is 19.3. The van der Waals surface area contributed by atoms with Gasteiger partial charge in [0.25, 0.3) is 0 Å². The maximum Gasteiger partial charge on any atom is 0.127 e. The van der Waals surface area contributed by atoms with E-state index in [4.69, 9.17) is 0 Å². The van der Waals surface area contributed by atoms with Crippen molar-refractivity contribution >= 4 is 23.5 Å². The van der Waals surface area contributed by atoms with Gasteiger partial charge in [-0.3, -0.25) is 0 Å². The summed E-state index contributed by atoms with van der Waals surface area (Å²) in [4.78, 5) is 0. The molecule has 4 aromatic rings. The Labute approximate surface area is 362 Å². The molecule has 316 valence electrons. The van der Waals surface area contributed by atoms with Crippen molar-refractivity contribution < 1.29 is 10.2 Å². The number of phenols is 2. The van der Waals surface area contributed by atoms with Gasteiger partial charge >= 0.3 is 0 Å². The summed E-state index contributed by atoms with van der Waals surface area (Å²) in [5.41, 5.74) is 14.0. The smallest absolute Gasteiger partial charge is 0.127 e. The average molecular weight is 821 g/mol. The van der Waals surface area contributed by atoms with Crippen LogP contribution in [-0.4, -0.2) is 20.7 Å². The third-order valence-electron chi connectivity index (χ3n) is 12.4. The van der Waals surface area contributed by atoms with Crippen LogP contribution in [0.2, 0.25) is 0 Å². The summed E-state index contributed by atoms with van der Waals surface area (Å²) in [6, 6.07) is 23.0. The van der Waals surface area contributed by atoms with E-state index in [1.54, 1.807) is 0 Å². The molecule has 58 heavy (non-hydrogen) atoms. The van der Waals surface area contributed by atoms with Crippen molar-refractivity contribution in [3.05, 3.63) is 105 Å². The van der Waals surface area contributed by atoms with E-state index in [2.05, 4.69) is 158 Å². The average Bonchev–Trinajstić information content (AvgIpc) is 3.13. The minimum absolute atomic E-state index is 0.0497. The topological polar surface area (TPSA) is 40.5 Å². The van der Waals surface area contributed by atoms with E-state index in [0.717, 1.165) is 44.9 Å². The van der Waals surface area contributed by atoms with E-state index in [1.807, 2.05) is 23.5 Å². The second-order valence-electron chi connectivity index (χ2n) is 20.6. The predicted octanol–water partition coefficient (Wildman–Crippen LogP) is 16.8. The summed E-state index contributed by atoms with van der Waals surface area (Å²) in [7, 11) is 0. The van der Waals surface area contributed by atoms with Gasteiger partial charge in [0.05, 0.1) is 0 Å². The minimum atomic E-state index is -0.0497. The van der Waals surface area contributed by atoms with Gasteiger partial charge in [0.15, 0.2) is 0 Å². The maximum absolute atomic E-state index is 12.1. The first-order valence-electron chi connectivity index (χ1n) is 22.4. The van der Waals surface area contributed by atoms with Crippen molar-refractivity contribution in [2.45, 2.75) is 192 Å². The van der Waals surface area contributed by atoms with Crippen LogP contribution in [0.1, 0.15) is 204 Å². The molecule has 0 amide bonds. The van der Waals surface area contributed by atoms with Crippen LogP contribution in [0.4, 0.5) is 0 Å². The number of phenolic OH excluding ortho intramolecular Hbond substituents is 2. The third kappa shape index (κ3) is 11.5. The van der Waals surface area contributed by atoms with Crippen LogP contribution in [0, 0.1) is 0 Å². The summed E-state index contributed by atoms with van der Waals surface area (Å²) >= 11 is 4.09. The number of hydrogen-bond donors (Lipinski definition) is 2. The SMILES string of the molecule is CC(C)c1cc(-c2cc(C(C)(C)C)cc(CS[C@H]3CCCCCC[C@@H]3SCc3cc(C(C)(C)C)cc(-c4cc(C(C)C)cc(C(C)C)c4)c3O)c2O)cc(C(C)C)c1. The van der Waals surface area contributed by atoms with Gasteiger partial charge in [-0.25, -0.2) is 0 Å². The first-order valence-corrected chi connectivity index (χ1v) is 24.5. The molecule has 1 fully saturated rings. The lowest BCUT2D eigenvalue weighted by molar-refractivity contribution is 0.470. The quantitative estimate of drug-likeness (QED) is 0.149. The molecular weight excluding hydrogens is 745 g/mol. The van der Waals surface area contributed by atoms with E-state index >= 15 is 0 Å². The molecule has 2 nitrogen and oxygen atoms in total. The Bertz CT molecular complexity index is 1810. The fourth-order valence-corrected chi connectivity index (χ4v) is 11.2. The van der Waals surface area contributed by atoms with Crippen molar-refractivity contribution in [2.75, 3.05) is 0 Å². The van der Waals surface area contributed by atoms with Crippen molar-refractivity contribution in [1.82, 2.24) is 0 Å². The van der Waals surface area contributed by atoms with E-state index in [1.165, 1.54) is 71.9 Å². The Balaban J connectivity index is 1.48. The van der Waals surface area contributed by atoms with Crippen LogP contribution in [0.5, 0.6) is 11.5 Å². The summed E-state index contributed by atoms with van der Waals surface area (Å²) in [5.74, 6) is 4.07. The lowest BCUT2D eigenvalue weighted by atomic mass is 9.83. The molecule has 0 saturated heterocycles. The number of rotatable bonds is 12. The van der Waals surface area contributed by atoms with Crippen LogP contribution in [-0.2, 0) is 22.3 Å². The van der Waals surface area contributed by atoms with Crippen molar-refractivity contribution in [2.24, 2.45) is 0 Å². The molecule has 0 heterocycles. The normalized spacial score (nSPS) is 17.1. The molecule has 0 radical (unpaired) electrons. The van der Waals surface area contributed by atoms with Gasteiger partial charge in [-0.2, -0.15) is 23.5 Å². The molecule has 0 aliphatic heterocycles. The second-order valence-corrected chi connectivity index (χ2v) is 23.1. The van der Waals surface area contributed by atoms with Gasteiger partial charge in [0.2, 0.25) is 0 Å². The van der Waals surface area contributed by atoms with Gasteiger partial charge in [-0.1, -0.05) is 171 Å². The Morgan fingerprint density at radius 1 is 0.466 bits per heavy atom. The summed E-state index contributed by atoms with van der Waals surface area (Å²) in [6.45, 7) is 31.8. The molecular formula is C54H76O2S2. The molecule has 0 spiro atoms. The number of benzene rings is 4. The summed E-state index contributed by atoms with van der Waals surface area (Å²) in [6.07, 6.45) is 7.43. The first kappa shape index (κ1) is 46.2. The highest BCUT2D eigenvalue weighted by molar-refractivity contribution is 8.03. The lowest BCUT2D eigenvalue weighted by Gasteiger charge is -2.30. The zero-order chi connectivity index (χ0) is 42.7. The molecule has 2 N–H and O–H groups in total. The maximum atomic E-state index is 12.1. The molecule has 5 rings (SSSR count). The highest BCUT2D eigenvalue weighted by Crippen LogP contribution is 2.45. The van der Waals surface area contributed by atoms with Crippen LogP contribution < -0.4 is 0 Å². The lowest BCUT2D eigenvalue weighted by Crippen LogP contribution is -2.22. The summed E-state index contributed by atoms with van der Waals surface area (Å²) < 4.78 is 0. The van der Waals surface area contributed by atoms with Gasteiger partial charge in [0, 0.05) is 44.3 Å². The van der Waals surface area contributed by atoms with Gasteiger partial charge in [-0.05, 0) is 104 Å². The largest absolute Gasteiger partial charge is 0.507 e. The van der Waals surface area contributed by atoms with Crippen LogP contribution >= 0.6 is 23.5 Å². The fraction of sp³-hybridized carbons (Fsp3) is 0.556. The number of thioether (sulfide) groups is 2. The van der Waals surface area contributed by atoms with Crippen molar-refractivity contribution in [3.8, 4) is 33.8 Å². The highest BCUT2D eigenvalue weighted by Gasteiger charge is 2.28. The molecule has 0 unspecified atom stereocenters. The number of hydrogen-bond acceptors (Lipinski definition) is 4. The monoisotopic (exact) mass is 821 g/mol. The Morgan fingerprint density at radius 2 is 0.776 bits per heavy atom. The molecule has 4 heteroatoms. The first-order chi connectivity index (χ1) is 27.1. The van der Waals surface area contributed by atoms with Gasteiger partial charge < -0.3 is 10.2 Å². The van der Waals surface area contributed by atoms with Crippen LogP contribution in [0.25, 0.3) is 22.3 Å². The van der Waals surface area contributed by atoms with E-state index in [-0.39, 0.29) is 10.8 Å². The molecule has 1 saturated carbocycles. The van der Waals surface area contributed by atoms with Gasteiger partial charge in [0.1, 0.15) is 11.5 Å². The molecule has 1 aliphatic rings. The molecule has 0 aromatic heterocycles. The fourth-order valence-electron chi connectivity index (χ4n) is 8.10. The molecule has 1 aliphatic carbocycles. The molecule has 2 atom stereocenters. The highest BCUT2D eigenvalue weighted by atomic mass is 32.2. The zero-order valence-electron chi connectivity index (χ0n) is 38.6. The zero-order valence-corrected chi connectivity index (χ0v) is 40.2. The summed E-state index contributed by atoms with van der Waals surface area (Å²) in [5, 5.41) is 25.2.